The fourth-order valence-electron chi connectivity index (χ4n) is 1.62. The third kappa shape index (κ3) is 3.34. The van der Waals surface area contributed by atoms with Gasteiger partial charge >= 0.3 is 0 Å². The number of anilines is 1. The molecule has 0 bridgehead atoms. The Hall–Kier alpha value is -2.38. The molecule has 0 aliphatic rings. The Labute approximate surface area is 116 Å². The van der Waals surface area contributed by atoms with Crippen LogP contribution in [-0.4, -0.2) is 14.3 Å². The largest absolute Gasteiger partial charge is 0.298 e. The Kier molecular flexibility index (Phi) is 4.02. The minimum absolute atomic E-state index is 0.0153. The summed E-state index contributed by atoms with van der Waals surface area (Å²) in [4.78, 5) is 11.8. The third-order valence-electron chi connectivity index (χ3n) is 2.53. The molecule has 0 unspecified atom stereocenters. The quantitative estimate of drug-likeness (QED) is 0.734. The predicted octanol–water partition coefficient (Wildman–Crippen LogP) is 1.09. The number of nitrogens with two attached hydrogens (primary N) is 1. The van der Waals surface area contributed by atoms with E-state index in [0.29, 0.717) is 5.69 Å². The van der Waals surface area contributed by atoms with Gasteiger partial charge in [0.2, 0.25) is 10.0 Å². The summed E-state index contributed by atoms with van der Waals surface area (Å²) in [5.41, 5.74) is 5.76. The van der Waals surface area contributed by atoms with E-state index in [-0.39, 0.29) is 10.5 Å². The first-order chi connectivity index (χ1) is 9.48. The number of hydrogen-bond acceptors (Lipinski definition) is 4. The van der Waals surface area contributed by atoms with Crippen molar-refractivity contribution in [3.63, 3.8) is 0 Å². The highest BCUT2D eigenvalue weighted by molar-refractivity contribution is 7.89. The second kappa shape index (κ2) is 5.72. The molecule has 4 N–H and O–H groups in total. The van der Waals surface area contributed by atoms with Gasteiger partial charge in [0.1, 0.15) is 0 Å². The fourth-order valence-corrected chi connectivity index (χ4v) is 2.36. The minimum Gasteiger partial charge on any atom is -0.298 e. The average Bonchev–Trinajstić information content (AvgIpc) is 2.45. The van der Waals surface area contributed by atoms with Gasteiger partial charge in [0.15, 0.2) is 0 Å². The Morgan fingerprint density at radius 2 is 1.55 bits per heavy atom. The van der Waals surface area contributed by atoms with E-state index in [0.717, 1.165) is 0 Å². The van der Waals surface area contributed by atoms with E-state index in [1.54, 1.807) is 30.3 Å². The van der Waals surface area contributed by atoms with Gasteiger partial charge in [-0.15, -0.1) is 0 Å². The van der Waals surface area contributed by atoms with Crippen molar-refractivity contribution in [2.45, 2.75) is 4.90 Å². The van der Waals surface area contributed by atoms with Gasteiger partial charge in [0, 0.05) is 0 Å². The smallest absolute Gasteiger partial charge is 0.270 e. The van der Waals surface area contributed by atoms with Gasteiger partial charge in [-0.1, -0.05) is 30.3 Å². The van der Waals surface area contributed by atoms with Crippen LogP contribution in [0.3, 0.4) is 0 Å². The molecule has 0 fully saturated rings. The lowest BCUT2D eigenvalue weighted by molar-refractivity contribution is 0.0959. The lowest BCUT2D eigenvalue weighted by atomic mass is 10.2. The van der Waals surface area contributed by atoms with Crippen LogP contribution < -0.4 is 16.0 Å². The maximum absolute atomic E-state index is 12.0. The van der Waals surface area contributed by atoms with Gasteiger partial charge in [-0.3, -0.25) is 15.6 Å². The molecule has 0 aliphatic carbocycles. The Morgan fingerprint density at radius 3 is 2.20 bits per heavy atom. The van der Waals surface area contributed by atoms with Gasteiger partial charge in [0.25, 0.3) is 5.91 Å². The van der Waals surface area contributed by atoms with E-state index < -0.39 is 15.9 Å². The Balaban J connectivity index is 2.18. The van der Waals surface area contributed by atoms with Crippen molar-refractivity contribution >= 4 is 21.6 Å². The summed E-state index contributed by atoms with van der Waals surface area (Å²) in [6.45, 7) is 0. The summed E-state index contributed by atoms with van der Waals surface area (Å²) in [6.07, 6.45) is 0. The highest BCUT2D eigenvalue weighted by Gasteiger charge is 2.18. The van der Waals surface area contributed by atoms with Gasteiger partial charge in [-0.05, 0) is 24.3 Å². The van der Waals surface area contributed by atoms with Crippen LogP contribution in [0.4, 0.5) is 5.69 Å². The number of hydrogen-bond donors (Lipinski definition) is 3. The van der Waals surface area contributed by atoms with Crippen molar-refractivity contribution in [3.05, 3.63) is 60.2 Å². The predicted molar refractivity (Wildman–Crippen MR) is 75.3 cm³/mol. The van der Waals surface area contributed by atoms with Crippen LogP contribution in [0, 0.1) is 0 Å². The topological polar surface area (TPSA) is 101 Å². The monoisotopic (exact) mass is 291 g/mol. The molecule has 0 aliphatic heterocycles. The molecule has 0 aromatic heterocycles. The fraction of sp³-hybridized carbons (Fsp3) is 0. The second-order valence-electron chi connectivity index (χ2n) is 3.99. The number of carbonyl (C=O) groups excluding carboxylic acids is 1. The van der Waals surface area contributed by atoms with E-state index in [4.69, 9.17) is 5.14 Å². The Morgan fingerprint density at radius 1 is 0.950 bits per heavy atom. The molecule has 7 heteroatoms. The number of nitrogens with one attached hydrogen (secondary N) is 2. The van der Waals surface area contributed by atoms with E-state index in [1.807, 2.05) is 6.07 Å². The van der Waals surface area contributed by atoms with Crippen molar-refractivity contribution in [1.29, 1.82) is 0 Å². The molecule has 0 radical (unpaired) electrons. The molecule has 6 nitrogen and oxygen atoms in total. The molecule has 2 aromatic carbocycles. The lowest BCUT2D eigenvalue weighted by Gasteiger charge is -2.10. The molecule has 2 rings (SSSR count). The van der Waals surface area contributed by atoms with Crippen LogP contribution in [0.1, 0.15) is 10.4 Å². The highest BCUT2D eigenvalue weighted by Crippen LogP contribution is 2.13. The number of primary sulfonamides is 1. The molecule has 0 saturated heterocycles. The van der Waals surface area contributed by atoms with Gasteiger partial charge < -0.3 is 0 Å². The molecule has 2 aromatic rings. The van der Waals surface area contributed by atoms with Crippen molar-refractivity contribution in [2.24, 2.45) is 5.14 Å². The first kappa shape index (κ1) is 14.0. The van der Waals surface area contributed by atoms with E-state index >= 15 is 0 Å². The summed E-state index contributed by atoms with van der Waals surface area (Å²) in [5, 5.41) is 5.07. The molecule has 20 heavy (non-hydrogen) atoms. The molecule has 0 atom stereocenters. The first-order valence-electron chi connectivity index (χ1n) is 5.72. The standard InChI is InChI=1S/C13H13N3O3S/c14-20(18,19)12-9-5-4-8-11(12)13(17)16-15-10-6-2-1-3-7-10/h1-9,15H,(H,16,17)(H2,14,18,19). The van der Waals surface area contributed by atoms with Gasteiger partial charge in [-0.25, -0.2) is 13.6 Å². The van der Waals surface area contributed by atoms with Crippen LogP contribution in [0.25, 0.3) is 0 Å². The first-order valence-corrected chi connectivity index (χ1v) is 7.26. The van der Waals surface area contributed by atoms with Crippen LogP contribution in [0.2, 0.25) is 0 Å². The zero-order valence-corrected chi connectivity index (χ0v) is 11.2. The SMILES string of the molecule is NS(=O)(=O)c1ccccc1C(=O)NNc1ccccc1. The summed E-state index contributed by atoms with van der Waals surface area (Å²) in [5.74, 6) is -0.585. The molecule has 0 saturated carbocycles. The second-order valence-corrected chi connectivity index (χ2v) is 5.52. The van der Waals surface area contributed by atoms with Crippen LogP contribution >= 0.6 is 0 Å². The van der Waals surface area contributed by atoms with Crippen molar-refractivity contribution in [3.8, 4) is 0 Å². The van der Waals surface area contributed by atoms with Crippen molar-refractivity contribution in [1.82, 2.24) is 5.43 Å². The Bertz CT molecular complexity index is 715. The minimum atomic E-state index is -3.95. The van der Waals surface area contributed by atoms with Crippen LogP contribution in [0.15, 0.2) is 59.5 Å². The molecule has 104 valence electrons. The molecule has 0 spiro atoms. The van der Waals surface area contributed by atoms with Crippen LogP contribution in [0.5, 0.6) is 0 Å². The highest BCUT2D eigenvalue weighted by atomic mass is 32.2. The van der Waals surface area contributed by atoms with Crippen molar-refractivity contribution < 1.29 is 13.2 Å². The van der Waals surface area contributed by atoms with Crippen LogP contribution in [-0.2, 0) is 10.0 Å². The summed E-state index contributed by atoms with van der Waals surface area (Å²) in [6, 6.07) is 14.7. The lowest BCUT2D eigenvalue weighted by Crippen LogP contribution is -2.31. The average molecular weight is 291 g/mol. The third-order valence-corrected chi connectivity index (χ3v) is 3.50. The zero-order chi connectivity index (χ0) is 14.6. The molecule has 1 amide bonds. The van der Waals surface area contributed by atoms with E-state index in [9.17, 15) is 13.2 Å². The van der Waals surface area contributed by atoms with Crippen molar-refractivity contribution in [2.75, 3.05) is 5.43 Å². The maximum atomic E-state index is 12.0. The number of amides is 1. The van der Waals surface area contributed by atoms with E-state index in [1.165, 1.54) is 18.2 Å². The van der Waals surface area contributed by atoms with E-state index in [2.05, 4.69) is 10.9 Å². The van der Waals surface area contributed by atoms with Gasteiger partial charge in [-0.2, -0.15) is 0 Å². The molecular formula is C13H13N3O3S. The summed E-state index contributed by atoms with van der Waals surface area (Å²) >= 11 is 0. The number of rotatable bonds is 4. The normalized spacial score (nSPS) is 10.8. The molecule has 0 heterocycles. The number of hydrazine groups is 1. The number of benzene rings is 2. The summed E-state index contributed by atoms with van der Waals surface area (Å²) in [7, 11) is -3.95. The van der Waals surface area contributed by atoms with Gasteiger partial charge in [0.05, 0.1) is 16.1 Å². The number of carbonyl (C=O) groups is 1. The number of para-hydroxylation sites is 1. The zero-order valence-electron chi connectivity index (χ0n) is 10.4. The molecular weight excluding hydrogens is 278 g/mol. The number of sulfonamides is 1. The summed E-state index contributed by atoms with van der Waals surface area (Å²) < 4.78 is 22.8. The maximum Gasteiger partial charge on any atom is 0.270 e.